The number of fused-ring (bicyclic) bond motifs is 2. The summed E-state index contributed by atoms with van der Waals surface area (Å²) in [6, 6.07) is 11.2. The lowest BCUT2D eigenvalue weighted by Gasteiger charge is -2.15. The van der Waals surface area contributed by atoms with E-state index in [2.05, 4.69) is 27.2 Å². The molecule has 0 saturated carbocycles. The van der Waals surface area contributed by atoms with E-state index in [-0.39, 0.29) is 5.82 Å². The number of hydrogen-bond acceptors (Lipinski definition) is 5. The molecule has 2 aromatic carbocycles. The number of anilines is 2. The Morgan fingerprint density at radius 2 is 2.06 bits per heavy atom. The van der Waals surface area contributed by atoms with Crippen LogP contribution < -0.4 is 15.4 Å². The highest BCUT2D eigenvalue weighted by atomic mass is 19.1. The molecule has 2 aromatic heterocycles. The van der Waals surface area contributed by atoms with Crippen molar-refractivity contribution >= 4 is 23.2 Å². The Bertz CT molecular complexity index is 1300. The molecule has 0 amide bonds. The van der Waals surface area contributed by atoms with E-state index in [1.54, 1.807) is 18.5 Å². The Kier molecular flexibility index (Phi) is 4.78. The summed E-state index contributed by atoms with van der Waals surface area (Å²) in [5.41, 5.74) is 6.11. The van der Waals surface area contributed by atoms with Crippen LogP contribution in [0.1, 0.15) is 16.8 Å². The largest absolute Gasteiger partial charge is 0.493 e. The minimum atomic E-state index is -0.245. The molecule has 31 heavy (non-hydrogen) atoms. The predicted molar refractivity (Wildman–Crippen MR) is 121 cm³/mol. The van der Waals surface area contributed by atoms with Crippen LogP contribution in [0, 0.1) is 5.82 Å². The van der Waals surface area contributed by atoms with Gasteiger partial charge in [-0.3, -0.25) is 4.40 Å². The smallest absolute Gasteiger partial charge is 0.208 e. The Morgan fingerprint density at radius 3 is 2.90 bits per heavy atom. The second-order valence-electron chi connectivity index (χ2n) is 7.30. The normalized spacial score (nSPS) is 12.5. The first-order chi connectivity index (χ1) is 15.2. The molecular weight excluding hydrogens is 393 g/mol. The van der Waals surface area contributed by atoms with Crippen LogP contribution in [0.2, 0.25) is 0 Å². The molecule has 156 valence electrons. The van der Waals surface area contributed by atoms with Crippen molar-refractivity contribution < 1.29 is 9.13 Å². The van der Waals surface area contributed by atoms with Crippen molar-refractivity contribution in [1.82, 2.24) is 14.4 Å². The monoisotopic (exact) mass is 415 g/mol. The second-order valence-corrected chi connectivity index (χ2v) is 7.30. The van der Waals surface area contributed by atoms with Crippen LogP contribution in [0.4, 0.5) is 16.0 Å². The van der Waals surface area contributed by atoms with Gasteiger partial charge in [0.15, 0.2) is 0 Å². The number of rotatable bonds is 6. The first kappa shape index (κ1) is 19.1. The van der Waals surface area contributed by atoms with Gasteiger partial charge in [-0.05, 0) is 24.3 Å². The van der Waals surface area contributed by atoms with Crippen LogP contribution in [-0.4, -0.2) is 28.0 Å². The number of benzene rings is 2. The van der Waals surface area contributed by atoms with Crippen molar-refractivity contribution in [2.75, 3.05) is 24.3 Å². The quantitative estimate of drug-likeness (QED) is 0.475. The van der Waals surface area contributed by atoms with Gasteiger partial charge in [-0.15, -0.1) is 0 Å². The van der Waals surface area contributed by atoms with Gasteiger partial charge in [-0.1, -0.05) is 24.8 Å². The summed E-state index contributed by atoms with van der Waals surface area (Å²) in [6.45, 7) is 4.79. The fraction of sp³-hybridized carbons (Fsp3) is 0.167. The minimum Gasteiger partial charge on any atom is -0.493 e. The molecule has 1 aliphatic heterocycles. The van der Waals surface area contributed by atoms with Crippen LogP contribution >= 0.6 is 0 Å². The number of nitrogens with one attached hydrogen (secondary N) is 2. The van der Waals surface area contributed by atoms with Crippen molar-refractivity contribution in [2.24, 2.45) is 0 Å². The molecule has 0 aliphatic carbocycles. The number of halogens is 1. The first-order valence-corrected chi connectivity index (χ1v) is 10.1. The zero-order valence-corrected chi connectivity index (χ0v) is 17.2. The molecule has 0 unspecified atom stereocenters. The lowest BCUT2D eigenvalue weighted by molar-refractivity contribution is 0.356. The van der Waals surface area contributed by atoms with Crippen LogP contribution in [0.5, 0.6) is 5.75 Å². The zero-order valence-electron chi connectivity index (χ0n) is 17.2. The molecule has 1 aliphatic rings. The zero-order chi connectivity index (χ0) is 21.4. The SMILES string of the molecule is C=Cc1ncn2c(NCc3c(F)ccc4c3CCO4)ncc(-c3ccccc3NC)c12. The number of imidazole rings is 1. The molecule has 0 spiro atoms. The number of nitrogens with zero attached hydrogens (tertiary/aromatic N) is 3. The highest BCUT2D eigenvalue weighted by Crippen LogP contribution is 2.34. The summed E-state index contributed by atoms with van der Waals surface area (Å²) >= 11 is 0. The maximum absolute atomic E-state index is 14.5. The summed E-state index contributed by atoms with van der Waals surface area (Å²) in [7, 11) is 1.89. The molecule has 5 rings (SSSR count). The second kappa shape index (κ2) is 7.75. The fourth-order valence-corrected chi connectivity index (χ4v) is 4.13. The summed E-state index contributed by atoms with van der Waals surface area (Å²) in [5, 5.41) is 6.51. The Balaban J connectivity index is 1.57. The van der Waals surface area contributed by atoms with Crippen molar-refractivity contribution in [2.45, 2.75) is 13.0 Å². The number of ether oxygens (including phenoxy) is 1. The summed E-state index contributed by atoms with van der Waals surface area (Å²) in [6.07, 6.45) is 5.96. The van der Waals surface area contributed by atoms with Crippen molar-refractivity contribution in [3.8, 4) is 16.9 Å². The highest BCUT2D eigenvalue weighted by Gasteiger charge is 2.20. The van der Waals surface area contributed by atoms with Crippen molar-refractivity contribution in [3.05, 3.63) is 78.1 Å². The molecule has 0 atom stereocenters. The van der Waals surface area contributed by atoms with Gasteiger partial charge in [0, 0.05) is 54.2 Å². The van der Waals surface area contributed by atoms with E-state index in [4.69, 9.17) is 4.74 Å². The van der Waals surface area contributed by atoms with Gasteiger partial charge >= 0.3 is 0 Å². The molecule has 0 saturated heterocycles. The van der Waals surface area contributed by atoms with Gasteiger partial charge in [0.25, 0.3) is 0 Å². The molecule has 3 heterocycles. The van der Waals surface area contributed by atoms with E-state index in [0.29, 0.717) is 31.1 Å². The van der Waals surface area contributed by atoms with Crippen LogP contribution in [0.3, 0.4) is 0 Å². The van der Waals surface area contributed by atoms with E-state index < -0.39 is 0 Å². The summed E-state index contributed by atoms with van der Waals surface area (Å²) in [5.74, 6) is 1.09. The van der Waals surface area contributed by atoms with Crippen LogP contribution in [-0.2, 0) is 13.0 Å². The third-order valence-electron chi connectivity index (χ3n) is 5.64. The van der Waals surface area contributed by atoms with E-state index in [0.717, 1.165) is 39.3 Å². The minimum absolute atomic E-state index is 0.245. The van der Waals surface area contributed by atoms with Gasteiger partial charge in [0.2, 0.25) is 5.95 Å². The molecule has 6 nitrogen and oxygen atoms in total. The average molecular weight is 415 g/mol. The van der Waals surface area contributed by atoms with Gasteiger partial charge in [0.1, 0.15) is 17.9 Å². The molecule has 7 heteroatoms. The van der Waals surface area contributed by atoms with Gasteiger partial charge in [-0.2, -0.15) is 0 Å². The summed E-state index contributed by atoms with van der Waals surface area (Å²) in [4.78, 5) is 9.14. The van der Waals surface area contributed by atoms with Crippen molar-refractivity contribution in [1.29, 1.82) is 0 Å². The Hall–Kier alpha value is -3.87. The number of para-hydroxylation sites is 1. The first-order valence-electron chi connectivity index (χ1n) is 10.1. The van der Waals surface area contributed by atoms with Gasteiger partial charge in [0.05, 0.1) is 17.8 Å². The molecule has 2 N–H and O–H groups in total. The Morgan fingerprint density at radius 1 is 1.19 bits per heavy atom. The number of hydrogen-bond donors (Lipinski definition) is 2. The molecular formula is C24H22FN5O. The van der Waals surface area contributed by atoms with Gasteiger partial charge < -0.3 is 15.4 Å². The van der Waals surface area contributed by atoms with Crippen LogP contribution in [0.25, 0.3) is 22.7 Å². The molecule has 0 bridgehead atoms. The third-order valence-corrected chi connectivity index (χ3v) is 5.64. The highest BCUT2D eigenvalue weighted by molar-refractivity contribution is 5.91. The maximum Gasteiger partial charge on any atom is 0.208 e. The standard InChI is InChI=1S/C24H22FN5O/c1-3-20-23-18(15-6-4-5-7-21(15)26-2)13-28-24(30(23)14-29-20)27-12-17-16-10-11-31-22(16)9-8-19(17)25/h3-9,13-14,26H,1,10-12H2,2H3,(H,27,28). The van der Waals surface area contributed by atoms with E-state index in [1.807, 2.05) is 41.9 Å². The lowest BCUT2D eigenvalue weighted by atomic mass is 10.0. The number of aromatic nitrogens is 3. The average Bonchev–Trinajstić information content (AvgIpc) is 3.45. The lowest BCUT2D eigenvalue weighted by Crippen LogP contribution is -2.10. The molecule has 4 aromatic rings. The predicted octanol–water partition coefficient (Wildman–Crippen LogP) is 4.77. The van der Waals surface area contributed by atoms with Crippen LogP contribution in [0.15, 0.2) is 55.5 Å². The van der Waals surface area contributed by atoms with Crippen molar-refractivity contribution in [3.63, 3.8) is 0 Å². The van der Waals surface area contributed by atoms with Gasteiger partial charge in [-0.25, -0.2) is 14.4 Å². The van der Waals surface area contributed by atoms with E-state index >= 15 is 0 Å². The van der Waals surface area contributed by atoms with E-state index in [1.165, 1.54) is 6.07 Å². The fourth-order valence-electron chi connectivity index (χ4n) is 4.13. The topological polar surface area (TPSA) is 63.5 Å². The van der Waals surface area contributed by atoms with E-state index in [9.17, 15) is 4.39 Å². The Labute approximate surface area is 179 Å². The summed E-state index contributed by atoms with van der Waals surface area (Å²) < 4.78 is 22.0. The molecule has 0 radical (unpaired) electrons. The maximum atomic E-state index is 14.5. The third kappa shape index (κ3) is 3.18. The molecule has 0 fully saturated rings.